The zero-order valence-corrected chi connectivity index (χ0v) is 8.54. The van der Waals surface area contributed by atoms with Crippen molar-refractivity contribution in [1.29, 1.82) is 0 Å². The monoisotopic (exact) mass is 224 g/mol. The van der Waals surface area contributed by atoms with Crippen LogP contribution in [0.5, 0.6) is 0 Å². The van der Waals surface area contributed by atoms with Crippen molar-refractivity contribution in [3.63, 3.8) is 0 Å². The van der Waals surface area contributed by atoms with Crippen LogP contribution in [0.1, 0.15) is 5.56 Å². The Hall–Kier alpha value is -1.62. The number of esters is 1. The Balaban J connectivity index is 2.25. The third kappa shape index (κ3) is 1.92. The summed E-state index contributed by atoms with van der Waals surface area (Å²) in [5, 5.41) is 13.3. The van der Waals surface area contributed by atoms with E-state index in [0.717, 1.165) is 5.56 Å². The molecule has 5 heteroatoms. The maximum absolute atomic E-state index is 11.2. The van der Waals surface area contributed by atoms with Gasteiger partial charge >= 0.3 is 5.97 Å². The Bertz CT molecular complexity index is 412. The first kappa shape index (κ1) is 9.92. The second-order valence-electron chi connectivity index (χ2n) is 3.13. The minimum absolute atomic E-state index is 0.194. The third-order valence-corrected chi connectivity index (χ3v) is 2.79. The molecule has 1 aliphatic rings. The van der Waals surface area contributed by atoms with E-state index in [1.54, 1.807) is 0 Å². The van der Waals surface area contributed by atoms with Crippen LogP contribution >= 0.6 is 11.3 Å². The average Bonchev–Trinajstić information content (AvgIpc) is 2.77. The van der Waals surface area contributed by atoms with Gasteiger partial charge in [-0.1, -0.05) is 0 Å². The van der Waals surface area contributed by atoms with Gasteiger partial charge in [0, 0.05) is 6.42 Å². The first-order valence-corrected chi connectivity index (χ1v) is 5.26. The molecule has 15 heavy (non-hydrogen) atoms. The van der Waals surface area contributed by atoms with Crippen molar-refractivity contribution >= 4 is 23.1 Å². The topological polar surface area (TPSA) is 63.6 Å². The molecule has 2 rings (SSSR count). The molecule has 0 atom stereocenters. The lowest BCUT2D eigenvalue weighted by Crippen LogP contribution is -2.07. The minimum Gasteiger partial charge on any atom is -0.511 e. The highest BCUT2D eigenvalue weighted by molar-refractivity contribution is 7.07. The fraction of sp³-hybridized carbons (Fsp3) is 0.200. The van der Waals surface area contributed by atoms with Gasteiger partial charge in [0.2, 0.25) is 5.78 Å². The molecular formula is C10H8O4S. The summed E-state index contributed by atoms with van der Waals surface area (Å²) in [5.74, 6) is -1.39. The highest BCUT2D eigenvalue weighted by Crippen LogP contribution is 2.18. The van der Waals surface area contributed by atoms with E-state index in [-0.39, 0.29) is 24.4 Å². The van der Waals surface area contributed by atoms with E-state index in [4.69, 9.17) is 0 Å². The zero-order chi connectivity index (χ0) is 10.8. The molecule has 1 N–H and O–H groups in total. The molecule has 4 nitrogen and oxygen atoms in total. The smallest absolute Gasteiger partial charge is 0.345 e. The van der Waals surface area contributed by atoms with Gasteiger partial charge < -0.3 is 9.84 Å². The van der Waals surface area contributed by atoms with E-state index in [2.05, 4.69) is 4.74 Å². The number of ether oxygens (including phenoxy) is 1. The van der Waals surface area contributed by atoms with Crippen molar-refractivity contribution < 1.29 is 19.4 Å². The summed E-state index contributed by atoms with van der Waals surface area (Å²) >= 11 is 1.49. The summed E-state index contributed by atoms with van der Waals surface area (Å²) in [7, 11) is 0. The first-order chi connectivity index (χ1) is 7.18. The second-order valence-corrected chi connectivity index (χ2v) is 3.91. The number of hydrogen-bond donors (Lipinski definition) is 1. The molecule has 0 aromatic carbocycles. The summed E-state index contributed by atoms with van der Waals surface area (Å²) in [6.07, 6.45) is 0.194. The number of ketones is 1. The number of hydrogen-bond acceptors (Lipinski definition) is 5. The maximum Gasteiger partial charge on any atom is 0.345 e. The van der Waals surface area contributed by atoms with Crippen LogP contribution in [-0.2, 0) is 20.7 Å². The van der Waals surface area contributed by atoms with Crippen LogP contribution in [0.15, 0.2) is 28.2 Å². The Morgan fingerprint density at radius 3 is 2.87 bits per heavy atom. The summed E-state index contributed by atoms with van der Waals surface area (Å²) in [6, 6.07) is 1.83. The number of carbonyl (C=O) groups is 2. The van der Waals surface area contributed by atoms with Crippen LogP contribution < -0.4 is 0 Å². The van der Waals surface area contributed by atoms with E-state index in [1.165, 1.54) is 11.3 Å². The lowest BCUT2D eigenvalue weighted by atomic mass is 10.1. The Kier molecular flexibility index (Phi) is 2.55. The number of allylic oxidation sites excluding steroid dienone is 1. The molecule has 0 aliphatic carbocycles. The predicted molar refractivity (Wildman–Crippen MR) is 53.6 cm³/mol. The molecule has 0 bridgehead atoms. The molecular weight excluding hydrogens is 216 g/mol. The van der Waals surface area contributed by atoms with Gasteiger partial charge in [-0.05, 0) is 22.4 Å². The number of Topliss-reactive ketones (excluding diaryl/α,β-unsaturated/α-hetero) is 1. The predicted octanol–water partition coefficient (Wildman–Crippen LogP) is 1.23. The van der Waals surface area contributed by atoms with Crippen molar-refractivity contribution in [3.05, 3.63) is 33.7 Å². The first-order valence-electron chi connectivity index (χ1n) is 4.32. The quantitative estimate of drug-likeness (QED) is 0.355. The number of carbonyl (C=O) groups excluding carboxylic acids is 2. The van der Waals surface area contributed by atoms with Gasteiger partial charge in [-0.3, -0.25) is 4.79 Å². The number of rotatable bonds is 2. The summed E-state index contributed by atoms with van der Waals surface area (Å²) in [4.78, 5) is 22.3. The molecule has 2 heterocycles. The standard InChI is InChI=1S/C10H8O4S/c11-7(3-6-1-2-15-5-6)9-8(12)4-14-10(9)13/h1-2,5,11H,3-4H2. The van der Waals surface area contributed by atoms with Crippen LogP contribution in [0.25, 0.3) is 0 Å². The number of thiophene rings is 1. The molecule has 0 spiro atoms. The van der Waals surface area contributed by atoms with Crippen LogP contribution in [0.2, 0.25) is 0 Å². The summed E-state index contributed by atoms with van der Waals surface area (Å²) in [6.45, 7) is -0.262. The molecule has 1 aromatic rings. The lowest BCUT2D eigenvalue weighted by Gasteiger charge is -1.98. The van der Waals surface area contributed by atoms with E-state index in [1.807, 2.05) is 16.8 Å². The molecule has 1 aliphatic heterocycles. The van der Waals surface area contributed by atoms with Gasteiger partial charge in [-0.15, -0.1) is 0 Å². The number of aliphatic hydroxyl groups is 1. The van der Waals surface area contributed by atoms with E-state index < -0.39 is 11.8 Å². The van der Waals surface area contributed by atoms with Crippen LogP contribution in [0, 0.1) is 0 Å². The molecule has 0 saturated carbocycles. The zero-order valence-electron chi connectivity index (χ0n) is 7.73. The fourth-order valence-corrected chi connectivity index (χ4v) is 2.01. The Labute approximate surface area is 89.8 Å². The maximum atomic E-state index is 11.2. The normalized spacial score (nSPS) is 19.2. The van der Waals surface area contributed by atoms with Crippen molar-refractivity contribution in [1.82, 2.24) is 0 Å². The number of cyclic esters (lactones) is 1. The van der Waals surface area contributed by atoms with Gasteiger partial charge in [-0.2, -0.15) is 11.3 Å². The Morgan fingerprint density at radius 1 is 1.53 bits per heavy atom. The summed E-state index contributed by atoms with van der Waals surface area (Å²) < 4.78 is 4.51. The molecule has 1 aromatic heterocycles. The van der Waals surface area contributed by atoms with Gasteiger partial charge in [0.25, 0.3) is 0 Å². The van der Waals surface area contributed by atoms with Crippen molar-refractivity contribution in [2.75, 3.05) is 6.61 Å². The van der Waals surface area contributed by atoms with Crippen molar-refractivity contribution in [2.45, 2.75) is 6.42 Å². The number of aliphatic hydroxyl groups excluding tert-OH is 1. The molecule has 0 amide bonds. The van der Waals surface area contributed by atoms with Gasteiger partial charge in [0.05, 0.1) is 0 Å². The highest BCUT2D eigenvalue weighted by Gasteiger charge is 2.31. The SMILES string of the molecule is O=C1COC(=O)C1=C(O)Cc1ccsc1. The van der Waals surface area contributed by atoms with Crippen LogP contribution in [0.4, 0.5) is 0 Å². The van der Waals surface area contributed by atoms with Gasteiger partial charge in [0.1, 0.15) is 11.3 Å². The molecule has 0 radical (unpaired) electrons. The lowest BCUT2D eigenvalue weighted by molar-refractivity contribution is -0.135. The summed E-state index contributed by atoms with van der Waals surface area (Å²) in [5.41, 5.74) is 0.665. The minimum atomic E-state index is -0.729. The average molecular weight is 224 g/mol. The Morgan fingerprint density at radius 2 is 2.33 bits per heavy atom. The highest BCUT2D eigenvalue weighted by atomic mass is 32.1. The van der Waals surface area contributed by atoms with Gasteiger partial charge in [-0.25, -0.2) is 4.79 Å². The van der Waals surface area contributed by atoms with Crippen molar-refractivity contribution in [2.24, 2.45) is 0 Å². The largest absolute Gasteiger partial charge is 0.511 e. The van der Waals surface area contributed by atoms with E-state index in [0.29, 0.717) is 0 Å². The van der Waals surface area contributed by atoms with E-state index >= 15 is 0 Å². The molecule has 78 valence electrons. The molecule has 0 unspecified atom stereocenters. The van der Waals surface area contributed by atoms with Gasteiger partial charge in [0.15, 0.2) is 6.61 Å². The molecule has 1 saturated heterocycles. The van der Waals surface area contributed by atoms with Crippen molar-refractivity contribution in [3.8, 4) is 0 Å². The van der Waals surface area contributed by atoms with Crippen LogP contribution in [-0.4, -0.2) is 23.5 Å². The second kappa shape index (κ2) is 3.86. The van der Waals surface area contributed by atoms with Crippen LogP contribution in [0.3, 0.4) is 0 Å². The fourth-order valence-electron chi connectivity index (χ4n) is 1.34. The molecule has 1 fully saturated rings. The third-order valence-electron chi connectivity index (χ3n) is 2.06. The van der Waals surface area contributed by atoms with E-state index in [9.17, 15) is 14.7 Å².